The molecule has 0 amide bonds. The molecule has 0 spiro atoms. The van der Waals surface area contributed by atoms with E-state index in [-0.39, 0.29) is 6.98 Å². The zero-order valence-corrected chi connectivity index (χ0v) is 30.9. The molecule has 7 aromatic carbocycles. The van der Waals surface area contributed by atoms with Crippen molar-refractivity contribution in [2.75, 3.05) is 0 Å². The monoisotopic (exact) mass is 759 g/mol. The highest BCUT2D eigenvalue weighted by Crippen LogP contribution is 2.43. The van der Waals surface area contributed by atoms with E-state index in [4.69, 9.17) is 34.4 Å². The number of rotatable bonds is 3. The molecular weight excluding hydrogens is 733 g/mol. The smallest absolute Gasteiger partial charge is 0.427 e. The van der Waals surface area contributed by atoms with Gasteiger partial charge >= 0.3 is 6.98 Å². The molecule has 11 nitrogen and oxygen atoms in total. The van der Waals surface area contributed by atoms with Crippen LogP contribution in [0.3, 0.4) is 0 Å². The van der Waals surface area contributed by atoms with Gasteiger partial charge in [-0.25, -0.2) is 0 Å². The molecular formula is C47H26BN9O2. The van der Waals surface area contributed by atoms with Gasteiger partial charge in [0.15, 0.2) is 5.82 Å². The second-order valence-corrected chi connectivity index (χ2v) is 15.0. The summed E-state index contributed by atoms with van der Waals surface area (Å²) in [6, 6.07) is 54.6. The van der Waals surface area contributed by atoms with Gasteiger partial charge in [0.25, 0.3) is 12.0 Å². The molecule has 0 atom stereocenters. The SMILES string of the molecule is c1ccc2c(c1)nc1n2B2c3c(cc(-c4nc(-n5c6ccccc6c6ccccc65)nc(-n5c6ccccc6c6ccccc65)n4)cc3Oc3nc4ccccc4n32)O1. The van der Waals surface area contributed by atoms with Gasteiger partial charge < -0.3 is 18.4 Å². The third kappa shape index (κ3) is 4.13. The number of benzene rings is 7. The first-order valence-corrected chi connectivity index (χ1v) is 19.5. The summed E-state index contributed by atoms with van der Waals surface area (Å²) in [5, 5.41) is 4.45. The highest BCUT2D eigenvalue weighted by atomic mass is 16.5. The number of ether oxygens (including phenoxy) is 2. The molecule has 0 fully saturated rings. The van der Waals surface area contributed by atoms with Gasteiger partial charge in [-0.15, -0.1) is 0 Å². The van der Waals surface area contributed by atoms with Gasteiger partial charge in [-0.2, -0.15) is 24.9 Å². The minimum atomic E-state index is -0.374. The summed E-state index contributed by atoms with van der Waals surface area (Å²) >= 11 is 0. The summed E-state index contributed by atoms with van der Waals surface area (Å²) < 4.78 is 22.1. The van der Waals surface area contributed by atoms with Crippen molar-refractivity contribution < 1.29 is 9.47 Å². The molecule has 0 saturated heterocycles. The summed E-state index contributed by atoms with van der Waals surface area (Å²) in [4.78, 5) is 25.9. The van der Waals surface area contributed by atoms with Gasteiger partial charge in [0.05, 0.1) is 49.6 Å². The van der Waals surface area contributed by atoms with Crippen LogP contribution in [0.5, 0.6) is 23.5 Å². The fraction of sp³-hybridized carbons (Fsp3) is 0. The molecule has 14 rings (SSSR count). The number of hydrogen-bond acceptors (Lipinski definition) is 7. The van der Waals surface area contributed by atoms with Gasteiger partial charge in [0.1, 0.15) is 11.5 Å². The van der Waals surface area contributed by atoms with E-state index < -0.39 is 0 Å². The zero-order valence-electron chi connectivity index (χ0n) is 30.9. The maximum Gasteiger partial charge on any atom is 0.435 e. The molecule has 0 aliphatic carbocycles. The van der Waals surface area contributed by atoms with Crippen molar-refractivity contribution in [2.24, 2.45) is 0 Å². The molecule has 0 saturated carbocycles. The van der Waals surface area contributed by atoms with Crippen LogP contribution >= 0.6 is 0 Å². The van der Waals surface area contributed by atoms with Crippen LogP contribution in [0.2, 0.25) is 0 Å². The molecule has 2 aliphatic heterocycles. The molecule has 2 aliphatic rings. The highest BCUT2D eigenvalue weighted by Gasteiger charge is 2.45. The Morgan fingerprint density at radius 3 is 1.19 bits per heavy atom. The van der Waals surface area contributed by atoms with E-state index in [1.54, 1.807) is 0 Å². The molecule has 0 unspecified atom stereocenters. The highest BCUT2D eigenvalue weighted by molar-refractivity contribution is 6.74. The third-order valence-corrected chi connectivity index (χ3v) is 11.8. The van der Waals surface area contributed by atoms with Gasteiger partial charge in [-0.3, -0.25) is 9.13 Å². The Morgan fingerprint density at radius 1 is 0.390 bits per heavy atom. The van der Waals surface area contributed by atoms with Crippen LogP contribution < -0.4 is 14.9 Å². The lowest BCUT2D eigenvalue weighted by Crippen LogP contribution is -2.50. The van der Waals surface area contributed by atoms with E-state index in [9.17, 15) is 0 Å². The Balaban J connectivity index is 1.06. The van der Waals surface area contributed by atoms with E-state index in [0.29, 0.717) is 46.8 Å². The molecule has 0 radical (unpaired) electrons. The number of para-hydroxylation sites is 8. The summed E-state index contributed by atoms with van der Waals surface area (Å²) in [6.07, 6.45) is 0. The predicted molar refractivity (Wildman–Crippen MR) is 230 cm³/mol. The molecule has 12 heteroatoms. The van der Waals surface area contributed by atoms with Crippen LogP contribution in [0.1, 0.15) is 0 Å². The first kappa shape index (κ1) is 30.9. The van der Waals surface area contributed by atoms with E-state index in [1.165, 1.54) is 0 Å². The van der Waals surface area contributed by atoms with E-state index in [1.807, 2.05) is 72.8 Å². The van der Waals surface area contributed by atoms with Gasteiger partial charge in [0, 0.05) is 27.1 Å². The Morgan fingerprint density at radius 2 is 0.763 bits per heavy atom. The topological polar surface area (TPSA) is 103 Å². The molecule has 5 aromatic heterocycles. The number of nitrogens with zero attached hydrogens (tertiary/aromatic N) is 9. The van der Waals surface area contributed by atoms with Crippen LogP contribution in [0.15, 0.2) is 158 Å². The molecule has 7 heterocycles. The van der Waals surface area contributed by atoms with Gasteiger partial charge in [0.2, 0.25) is 11.9 Å². The van der Waals surface area contributed by atoms with Gasteiger partial charge in [-0.1, -0.05) is 97.1 Å². The number of fused-ring (bicyclic) bond motifs is 14. The van der Waals surface area contributed by atoms with Crippen molar-refractivity contribution in [3.8, 4) is 46.8 Å². The minimum Gasteiger partial charge on any atom is -0.427 e. The van der Waals surface area contributed by atoms with E-state index >= 15 is 0 Å². The largest absolute Gasteiger partial charge is 0.435 e. The summed E-state index contributed by atoms with van der Waals surface area (Å²) in [5.74, 6) is 2.63. The predicted octanol–water partition coefficient (Wildman–Crippen LogP) is 9.44. The molecule has 0 bridgehead atoms. The van der Waals surface area contributed by atoms with Crippen LogP contribution in [0.4, 0.5) is 0 Å². The lowest BCUT2D eigenvalue weighted by Gasteiger charge is -2.32. The second kappa shape index (κ2) is 11.2. The fourth-order valence-electron chi connectivity index (χ4n) is 9.34. The van der Waals surface area contributed by atoms with Crippen molar-refractivity contribution >= 4 is 78.1 Å². The maximum atomic E-state index is 6.77. The minimum absolute atomic E-state index is 0.374. The second-order valence-electron chi connectivity index (χ2n) is 15.0. The van der Waals surface area contributed by atoms with Crippen molar-refractivity contribution in [3.63, 3.8) is 0 Å². The average Bonchev–Trinajstić information content (AvgIpc) is 4.03. The van der Waals surface area contributed by atoms with Crippen LogP contribution in [0.25, 0.3) is 89.0 Å². The lowest BCUT2D eigenvalue weighted by molar-refractivity contribution is 0.409. The summed E-state index contributed by atoms with van der Waals surface area (Å²) in [7, 11) is 0. The fourth-order valence-corrected chi connectivity index (χ4v) is 9.34. The quantitative estimate of drug-likeness (QED) is 0.166. The molecule has 0 N–H and O–H groups in total. The normalized spacial score (nSPS) is 13.0. The first-order chi connectivity index (χ1) is 29.2. The standard InChI is InChI=1S/C47H26BN9O2/c1-7-19-34-28(13-1)29-14-2-8-20-35(29)54(34)44-51-43(52-45(53-44)55-36-21-9-3-15-30(36)31-16-4-10-22-37(31)55)27-25-40-42-41(26-27)59-47-50-33-18-6-12-24-39(33)57(47)48(42)56-38-23-11-5-17-32(38)49-46(56)58-40/h1-26H. The van der Waals surface area contributed by atoms with E-state index in [0.717, 1.165) is 71.1 Å². The lowest BCUT2D eigenvalue weighted by atomic mass is 9.64. The van der Waals surface area contributed by atoms with Crippen LogP contribution in [0, 0.1) is 0 Å². The van der Waals surface area contributed by atoms with Crippen molar-refractivity contribution in [1.82, 2.24) is 43.0 Å². The van der Waals surface area contributed by atoms with Crippen LogP contribution in [-0.2, 0) is 0 Å². The first-order valence-electron chi connectivity index (χ1n) is 19.5. The Labute approximate surface area is 334 Å². The Hall–Kier alpha value is -8.25. The Bertz CT molecular complexity index is 3440. The average molecular weight is 760 g/mol. The Kier molecular flexibility index (Phi) is 5.87. The van der Waals surface area contributed by atoms with Crippen molar-refractivity contribution in [3.05, 3.63) is 158 Å². The number of aromatic nitrogens is 9. The van der Waals surface area contributed by atoms with Crippen molar-refractivity contribution in [2.45, 2.75) is 0 Å². The molecule has 274 valence electrons. The zero-order chi connectivity index (χ0) is 38.3. The van der Waals surface area contributed by atoms with Crippen LogP contribution in [-0.4, -0.2) is 50.0 Å². The van der Waals surface area contributed by atoms with Crippen molar-refractivity contribution in [1.29, 1.82) is 0 Å². The molecule has 12 aromatic rings. The maximum absolute atomic E-state index is 6.77. The van der Waals surface area contributed by atoms with E-state index in [2.05, 4.69) is 103 Å². The summed E-state index contributed by atoms with van der Waals surface area (Å²) in [5.41, 5.74) is 9.08. The molecule has 59 heavy (non-hydrogen) atoms. The summed E-state index contributed by atoms with van der Waals surface area (Å²) in [6.45, 7) is -0.374. The number of imidazole rings is 2. The third-order valence-electron chi connectivity index (χ3n) is 11.8. The van der Waals surface area contributed by atoms with Gasteiger partial charge in [-0.05, 0) is 60.7 Å². The number of hydrogen-bond donors (Lipinski definition) is 0.